The van der Waals surface area contributed by atoms with Crippen LogP contribution in [0.5, 0.6) is 0 Å². The van der Waals surface area contributed by atoms with Crippen molar-refractivity contribution in [1.82, 2.24) is 5.32 Å². The van der Waals surface area contributed by atoms with Gasteiger partial charge in [-0.1, -0.05) is 0 Å². The van der Waals surface area contributed by atoms with E-state index in [0.717, 1.165) is 16.6 Å². The van der Waals surface area contributed by atoms with Crippen molar-refractivity contribution in [3.8, 4) is 0 Å². The lowest BCUT2D eigenvalue weighted by Gasteiger charge is -1.97. The van der Waals surface area contributed by atoms with Crippen LogP contribution in [0.1, 0.15) is 28.1 Å². The summed E-state index contributed by atoms with van der Waals surface area (Å²) in [6.07, 6.45) is 2.57. The van der Waals surface area contributed by atoms with Crippen LogP contribution in [0.3, 0.4) is 0 Å². The first-order chi connectivity index (χ1) is 8.22. The van der Waals surface area contributed by atoms with Crippen LogP contribution in [0.25, 0.3) is 10.1 Å². The van der Waals surface area contributed by atoms with E-state index in [1.54, 1.807) is 23.5 Å². The predicted molar refractivity (Wildman–Crippen MR) is 68.6 cm³/mol. The summed E-state index contributed by atoms with van der Waals surface area (Å²) in [6, 6.07) is 8.09. The third kappa shape index (κ3) is 2.33. The number of benzene rings is 1. The van der Waals surface area contributed by atoms with Crippen molar-refractivity contribution in [2.45, 2.75) is 25.4 Å². The van der Waals surface area contributed by atoms with Gasteiger partial charge in [-0.3, -0.25) is 0 Å². The first-order valence-corrected chi connectivity index (χ1v) is 6.53. The molecule has 0 atom stereocenters. The van der Waals surface area contributed by atoms with Crippen LogP contribution in [-0.2, 0) is 6.54 Å². The van der Waals surface area contributed by atoms with Gasteiger partial charge in [0.2, 0.25) is 0 Å². The molecule has 0 bridgehead atoms. The van der Waals surface area contributed by atoms with Crippen molar-refractivity contribution in [2.24, 2.45) is 0 Å². The van der Waals surface area contributed by atoms with Gasteiger partial charge in [0.05, 0.1) is 5.56 Å². The SMILES string of the molecule is O=C(O)c1ccc2sc(CNC3CC3)cc2c1. The lowest BCUT2D eigenvalue weighted by Crippen LogP contribution is -2.14. The molecule has 0 aliphatic heterocycles. The van der Waals surface area contributed by atoms with E-state index in [1.807, 2.05) is 6.07 Å². The molecule has 88 valence electrons. The predicted octanol–water partition coefficient (Wildman–Crippen LogP) is 2.85. The molecule has 3 rings (SSSR count). The molecule has 0 unspecified atom stereocenters. The fourth-order valence-corrected chi connectivity index (χ4v) is 2.85. The Hall–Kier alpha value is -1.39. The van der Waals surface area contributed by atoms with Crippen molar-refractivity contribution >= 4 is 27.4 Å². The molecule has 2 aromatic rings. The highest BCUT2D eigenvalue weighted by Crippen LogP contribution is 2.27. The summed E-state index contributed by atoms with van der Waals surface area (Å²) in [5, 5.41) is 13.4. The maximum Gasteiger partial charge on any atom is 0.335 e. The number of hydrogen-bond donors (Lipinski definition) is 2. The van der Waals surface area contributed by atoms with Gasteiger partial charge >= 0.3 is 5.97 Å². The number of aromatic carboxylic acids is 1. The smallest absolute Gasteiger partial charge is 0.335 e. The largest absolute Gasteiger partial charge is 0.478 e. The summed E-state index contributed by atoms with van der Waals surface area (Å²) in [4.78, 5) is 12.1. The van der Waals surface area contributed by atoms with Gasteiger partial charge in [-0.2, -0.15) is 0 Å². The lowest BCUT2D eigenvalue weighted by atomic mass is 10.1. The van der Waals surface area contributed by atoms with E-state index in [0.29, 0.717) is 11.6 Å². The zero-order valence-corrected chi connectivity index (χ0v) is 10.1. The molecule has 4 heteroatoms. The Bertz CT molecular complexity index is 572. The Morgan fingerprint density at radius 3 is 2.94 bits per heavy atom. The van der Waals surface area contributed by atoms with E-state index in [2.05, 4.69) is 11.4 Å². The van der Waals surface area contributed by atoms with Gasteiger partial charge in [0, 0.05) is 22.2 Å². The van der Waals surface area contributed by atoms with Crippen LogP contribution in [0.4, 0.5) is 0 Å². The number of nitrogens with one attached hydrogen (secondary N) is 1. The zero-order chi connectivity index (χ0) is 11.8. The van der Waals surface area contributed by atoms with Gasteiger partial charge in [0.25, 0.3) is 0 Å². The van der Waals surface area contributed by atoms with Gasteiger partial charge < -0.3 is 10.4 Å². The molecule has 0 spiro atoms. The van der Waals surface area contributed by atoms with E-state index < -0.39 is 5.97 Å². The minimum atomic E-state index is -0.865. The van der Waals surface area contributed by atoms with Gasteiger partial charge in [0.15, 0.2) is 0 Å². The van der Waals surface area contributed by atoms with Crippen LogP contribution in [0.2, 0.25) is 0 Å². The van der Waals surface area contributed by atoms with Gasteiger partial charge in [-0.25, -0.2) is 4.79 Å². The highest BCUT2D eigenvalue weighted by molar-refractivity contribution is 7.19. The van der Waals surface area contributed by atoms with Crippen LogP contribution in [0.15, 0.2) is 24.3 Å². The molecule has 1 aromatic heterocycles. The van der Waals surface area contributed by atoms with E-state index in [-0.39, 0.29) is 0 Å². The second kappa shape index (κ2) is 4.13. The molecule has 1 fully saturated rings. The number of carbonyl (C=O) groups is 1. The van der Waals surface area contributed by atoms with E-state index in [9.17, 15) is 4.79 Å². The molecule has 1 aromatic carbocycles. The van der Waals surface area contributed by atoms with Crippen molar-refractivity contribution < 1.29 is 9.90 Å². The number of rotatable bonds is 4. The second-order valence-electron chi connectivity index (χ2n) is 4.43. The fourth-order valence-electron chi connectivity index (χ4n) is 1.85. The molecule has 1 aliphatic carbocycles. The number of carboxylic acids is 1. The lowest BCUT2D eigenvalue weighted by molar-refractivity contribution is 0.0697. The topological polar surface area (TPSA) is 49.3 Å². The molecular formula is C13H13NO2S. The first-order valence-electron chi connectivity index (χ1n) is 5.71. The molecule has 3 nitrogen and oxygen atoms in total. The molecule has 2 N–H and O–H groups in total. The van der Waals surface area contributed by atoms with Crippen LogP contribution >= 0.6 is 11.3 Å². The van der Waals surface area contributed by atoms with E-state index in [4.69, 9.17) is 5.11 Å². The number of carboxylic acid groups (broad SMARTS) is 1. The Kier molecular flexibility index (Phi) is 2.61. The fraction of sp³-hybridized carbons (Fsp3) is 0.308. The monoisotopic (exact) mass is 247 g/mol. The molecule has 1 saturated carbocycles. The minimum Gasteiger partial charge on any atom is -0.478 e. The zero-order valence-electron chi connectivity index (χ0n) is 9.27. The van der Waals surface area contributed by atoms with Crippen molar-refractivity contribution in [3.63, 3.8) is 0 Å². The molecule has 1 aliphatic rings. The second-order valence-corrected chi connectivity index (χ2v) is 5.59. The number of thiophene rings is 1. The number of fused-ring (bicyclic) bond motifs is 1. The Balaban J connectivity index is 1.86. The van der Waals surface area contributed by atoms with Gasteiger partial charge in [-0.05, 0) is 42.5 Å². The van der Waals surface area contributed by atoms with Crippen molar-refractivity contribution in [3.05, 3.63) is 34.7 Å². The molecule has 17 heavy (non-hydrogen) atoms. The average molecular weight is 247 g/mol. The summed E-state index contributed by atoms with van der Waals surface area (Å²) < 4.78 is 1.16. The highest BCUT2D eigenvalue weighted by Gasteiger charge is 2.20. The van der Waals surface area contributed by atoms with Crippen LogP contribution < -0.4 is 5.32 Å². The van der Waals surface area contributed by atoms with Gasteiger partial charge in [-0.15, -0.1) is 11.3 Å². The Labute approximate surface area is 103 Å². The van der Waals surface area contributed by atoms with E-state index >= 15 is 0 Å². The Morgan fingerprint density at radius 2 is 2.24 bits per heavy atom. The van der Waals surface area contributed by atoms with E-state index in [1.165, 1.54) is 17.7 Å². The number of hydrogen-bond acceptors (Lipinski definition) is 3. The average Bonchev–Trinajstić information content (AvgIpc) is 3.04. The maximum absolute atomic E-state index is 10.9. The highest BCUT2D eigenvalue weighted by atomic mass is 32.1. The standard InChI is InChI=1S/C13H13NO2S/c15-13(16)8-1-4-12-9(5-8)6-11(17-12)7-14-10-2-3-10/h1,4-6,10,14H,2-3,7H2,(H,15,16). The minimum absolute atomic E-state index is 0.358. The van der Waals surface area contributed by atoms with Crippen molar-refractivity contribution in [1.29, 1.82) is 0 Å². The normalized spacial score (nSPS) is 15.3. The third-order valence-electron chi connectivity index (χ3n) is 2.96. The molecule has 1 heterocycles. The van der Waals surface area contributed by atoms with Gasteiger partial charge in [0.1, 0.15) is 0 Å². The Morgan fingerprint density at radius 1 is 1.41 bits per heavy atom. The molecule has 0 saturated heterocycles. The summed E-state index contributed by atoms with van der Waals surface area (Å²) in [7, 11) is 0. The van der Waals surface area contributed by atoms with Crippen molar-refractivity contribution in [2.75, 3.05) is 0 Å². The summed E-state index contributed by atoms with van der Waals surface area (Å²) in [5.41, 5.74) is 0.358. The summed E-state index contributed by atoms with van der Waals surface area (Å²) in [6.45, 7) is 0.895. The molecule has 0 radical (unpaired) electrons. The molecular weight excluding hydrogens is 234 g/mol. The first kappa shape index (κ1) is 10.7. The summed E-state index contributed by atoms with van der Waals surface area (Å²) >= 11 is 1.73. The summed E-state index contributed by atoms with van der Waals surface area (Å²) in [5.74, 6) is -0.865. The molecule has 0 amide bonds. The van der Waals surface area contributed by atoms with Crippen LogP contribution in [-0.4, -0.2) is 17.1 Å². The third-order valence-corrected chi connectivity index (χ3v) is 4.07. The maximum atomic E-state index is 10.9. The quantitative estimate of drug-likeness (QED) is 0.873. The van der Waals surface area contributed by atoms with Crippen LogP contribution in [0, 0.1) is 0 Å².